The molecule has 0 radical (unpaired) electrons. The van der Waals surface area contributed by atoms with Gasteiger partial charge in [-0.3, -0.25) is 4.79 Å². The van der Waals surface area contributed by atoms with Crippen LogP contribution in [0.2, 0.25) is 10.0 Å². The van der Waals surface area contributed by atoms with Crippen molar-refractivity contribution in [2.75, 3.05) is 23.4 Å². The second-order valence-electron chi connectivity index (χ2n) is 4.76. The lowest BCUT2D eigenvalue weighted by Gasteiger charge is -2.23. The van der Waals surface area contributed by atoms with Crippen LogP contribution in [0.3, 0.4) is 0 Å². The van der Waals surface area contributed by atoms with Gasteiger partial charge in [0.1, 0.15) is 5.82 Å². The molecule has 1 fully saturated rings. The summed E-state index contributed by atoms with van der Waals surface area (Å²) in [6.45, 7) is 0.318. The summed E-state index contributed by atoms with van der Waals surface area (Å²) >= 11 is 11.6. The summed E-state index contributed by atoms with van der Waals surface area (Å²) in [5.41, 5.74) is 0.114. The zero-order chi connectivity index (χ0) is 15.6. The molecule has 1 unspecified atom stereocenters. The molecule has 0 saturated carbocycles. The van der Waals surface area contributed by atoms with E-state index in [1.165, 1.54) is 0 Å². The highest BCUT2D eigenvalue weighted by molar-refractivity contribution is 7.91. The molecular formula is C12H13Cl2FN2O3S. The first-order valence-corrected chi connectivity index (χ1v) is 8.73. The van der Waals surface area contributed by atoms with E-state index in [0.29, 0.717) is 6.54 Å². The van der Waals surface area contributed by atoms with Crippen molar-refractivity contribution in [3.63, 3.8) is 0 Å². The summed E-state index contributed by atoms with van der Waals surface area (Å²) in [4.78, 5) is 11.9. The maximum absolute atomic E-state index is 13.0. The van der Waals surface area contributed by atoms with Crippen molar-refractivity contribution in [3.8, 4) is 0 Å². The largest absolute Gasteiger partial charge is 0.323 e. The first kappa shape index (κ1) is 16.5. The molecule has 1 aliphatic rings. The van der Waals surface area contributed by atoms with Gasteiger partial charge in [0.2, 0.25) is 5.91 Å². The Hall–Kier alpha value is -0.890. The van der Waals surface area contributed by atoms with Crippen LogP contribution in [0.5, 0.6) is 0 Å². The number of halogens is 3. The number of anilines is 1. The van der Waals surface area contributed by atoms with E-state index in [9.17, 15) is 17.6 Å². The molecule has 0 aromatic heterocycles. The van der Waals surface area contributed by atoms with Gasteiger partial charge in [-0.05, 0) is 12.1 Å². The lowest BCUT2D eigenvalue weighted by atomic mass is 10.2. The van der Waals surface area contributed by atoms with Gasteiger partial charge in [0.05, 0.1) is 27.2 Å². The highest BCUT2D eigenvalue weighted by Gasteiger charge is 2.26. The third kappa shape index (κ3) is 4.54. The minimum atomic E-state index is -3.12. The second-order valence-corrected chi connectivity index (χ2v) is 7.81. The Labute approximate surface area is 131 Å². The van der Waals surface area contributed by atoms with Crippen LogP contribution in [-0.4, -0.2) is 38.4 Å². The van der Waals surface area contributed by atoms with Gasteiger partial charge in [0, 0.05) is 19.0 Å². The summed E-state index contributed by atoms with van der Waals surface area (Å²) in [6, 6.07) is 1.61. The van der Waals surface area contributed by atoms with Gasteiger partial charge < -0.3 is 10.6 Å². The molecule has 1 amide bonds. The summed E-state index contributed by atoms with van der Waals surface area (Å²) < 4.78 is 36.0. The highest BCUT2D eigenvalue weighted by atomic mass is 35.5. The molecular weight excluding hydrogens is 342 g/mol. The first-order valence-electron chi connectivity index (χ1n) is 6.15. The molecule has 0 aliphatic carbocycles. The SMILES string of the molecule is O=C(CC1CS(=O)(=O)CCN1)Nc1c(Cl)cc(F)cc1Cl. The van der Waals surface area contributed by atoms with Crippen molar-refractivity contribution < 1.29 is 17.6 Å². The number of rotatable bonds is 3. The van der Waals surface area contributed by atoms with Crippen molar-refractivity contribution in [2.45, 2.75) is 12.5 Å². The number of carbonyl (C=O) groups excluding carboxylic acids is 1. The molecule has 5 nitrogen and oxygen atoms in total. The summed E-state index contributed by atoms with van der Waals surface area (Å²) in [6.07, 6.45) is -0.0384. The maximum Gasteiger partial charge on any atom is 0.226 e. The molecule has 1 atom stereocenters. The minimum Gasteiger partial charge on any atom is -0.323 e. The van der Waals surface area contributed by atoms with Crippen LogP contribution in [-0.2, 0) is 14.6 Å². The predicted octanol–water partition coefficient (Wildman–Crippen LogP) is 1.85. The van der Waals surface area contributed by atoms with Crippen LogP contribution >= 0.6 is 23.2 Å². The average Bonchev–Trinajstić information content (AvgIpc) is 2.32. The Morgan fingerprint density at radius 3 is 2.57 bits per heavy atom. The molecule has 1 saturated heterocycles. The van der Waals surface area contributed by atoms with Crippen molar-refractivity contribution in [3.05, 3.63) is 28.0 Å². The van der Waals surface area contributed by atoms with Crippen LogP contribution < -0.4 is 10.6 Å². The van der Waals surface area contributed by atoms with Crippen molar-refractivity contribution in [1.29, 1.82) is 0 Å². The topological polar surface area (TPSA) is 75.3 Å². The Bertz CT molecular complexity index is 643. The van der Waals surface area contributed by atoms with Gasteiger partial charge in [-0.2, -0.15) is 0 Å². The molecule has 2 N–H and O–H groups in total. The quantitative estimate of drug-likeness (QED) is 0.868. The van der Waals surface area contributed by atoms with Gasteiger partial charge in [-0.1, -0.05) is 23.2 Å². The number of sulfone groups is 1. The second kappa shape index (κ2) is 6.48. The molecule has 9 heteroatoms. The molecule has 1 aromatic carbocycles. The van der Waals surface area contributed by atoms with Crippen molar-refractivity contribution in [2.24, 2.45) is 0 Å². The Kier molecular flexibility index (Phi) is 5.08. The van der Waals surface area contributed by atoms with Crippen molar-refractivity contribution >= 4 is 44.6 Å². The Morgan fingerprint density at radius 1 is 1.38 bits per heavy atom. The number of amides is 1. The number of nitrogens with one attached hydrogen (secondary N) is 2. The number of carbonyl (C=O) groups is 1. The van der Waals surface area contributed by atoms with E-state index in [-0.39, 0.29) is 33.7 Å². The third-order valence-corrected chi connectivity index (χ3v) is 5.34. The molecule has 1 heterocycles. The zero-order valence-corrected chi connectivity index (χ0v) is 13.2. The number of benzene rings is 1. The molecule has 2 rings (SSSR count). The molecule has 21 heavy (non-hydrogen) atoms. The number of hydrogen-bond donors (Lipinski definition) is 2. The standard InChI is InChI=1S/C12H13Cl2FN2O3S/c13-9-3-7(15)4-10(14)12(9)17-11(18)5-8-6-21(19,20)2-1-16-8/h3-4,8,16H,1-2,5-6H2,(H,17,18). The van der Waals surface area contributed by atoms with E-state index in [2.05, 4.69) is 10.6 Å². The van der Waals surface area contributed by atoms with Crippen LogP contribution in [0.1, 0.15) is 6.42 Å². The zero-order valence-electron chi connectivity index (χ0n) is 10.8. The maximum atomic E-state index is 13.0. The molecule has 116 valence electrons. The predicted molar refractivity (Wildman–Crippen MR) is 80.1 cm³/mol. The highest BCUT2D eigenvalue weighted by Crippen LogP contribution is 2.31. The van der Waals surface area contributed by atoms with Gasteiger partial charge in [0.25, 0.3) is 0 Å². The van der Waals surface area contributed by atoms with Gasteiger partial charge in [0.15, 0.2) is 9.84 Å². The van der Waals surface area contributed by atoms with E-state index in [1.54, 1.807) is 0 Å². The van der Waals surface area contributed by atoms with E-state index in [0.717, 1.165) is 12.1 Å². The summed E-state index contributed by atoms with van der Waals surface area (Å²) in [5, 5.41) is 5.41. The number of hydrogen-bond acceptors (Lipinski definition) is 4. The fraction of sp³-hybridized carbons (Fsp3) is 0.417. The third-order valence-electron chi connectivity index (χ3n) is 3.00. The lowest BCUT2D eigenvalue weighted by Crippen LogP contribution is -2.46. The van der Waals surface area contributed by atoms with E-state index in [1.807, 2.05) is 0 Å². The molecule has 0 bridgehead atoms. The van der Waals surface area contributed by atoms with Crippen molar-refractivity contribution in [1.82, 2.24) is 5.32 Å². The molecule has 1 aliphatic heterocycles. The summed E-state index contributed by atoms with van der Waals surface area (Å²) in [5.74, 6) is -1.07. The van der Waals surface area contributed by atoms with E-state index in [4.69, 9.17) is 23.2 Å². The minimum absolute atomic E-state index is 0.0161. The van der Waals surface area contributed by atoms with Gasteiger partial charge in [-0.15, -0.1) is 0 Å². The normalized spacial score (nSPS) is 21.0. The van der Waals surface area contributed by atoms with Gasteiger partial charge in [-0.25, -0.2) is 12.8 Å². The van der Waals surface area contributed by atoms with Crippen LogP contribution in [0.15, 0.2) is 12.1 Å². The average molecular weight is 355 g/mol. The summed E-state index contributed by atoms with van der Waals surface area (Å²) in [7, 11) is -3.12. The van der Waals surface area contributed by atoms with E-state index < -0.39 is 27.6 Å². The Balaban J connectivity index is 2.02. The van der Waals surface area contributed by atoms with Crippen LogP contribution in [0, 0.1) is 5.82 Å². The van der Waals surface area contributed by atoms with Gasteiger partial charge >= 0.3 is 0 Å². The molecule has 0 spiro atoms. The smallest absolute Gasteiger partial charge is 0.226 e. The van der Waals surface area contributed by atoms with Crippen LogP contribution in [0.4, 0.5) is 10.1 Å². The lowest BCUT2D eigenvalue weighted by molar-refractivity contribution is -0.116. The Morgan fingerprint density at radius 2 is 2.00 bits per heavy atom. The fourth-order valence-corrected chi connectivity index (χ4v) is 4.07. The van der Waals surface area contributed by atoms with Crippen LogP contribution in [0.25, 0.3) is 0 Å². The fourth-order valence-electron chi connectivity index (χ4n) is 2.07. The first-order chi connectivity index (χ1) is 9.77. The monoisotopic (exact) mass is 354 g/mol. The molecule has 1 aromatic rings. The van der Waals surface area contributed by atoms with E-state index >= 15 is 0 Å².